The van der Waals surface area contributed by atoms with Gasteiger partial charge in [0.25, 0.3) is 5.91 Å². The fraction of sp³-hybridized carbons (Fsp3) is 0.478. The van der Waals surface area contributed by atoms with Crippen LogP contribution < -0.4 is 15.1 Å². The molecule has 1 aromatic carbocycles. The summed E-state index contributed by atoms with van der Waals surface area (Å²) in [6, 6.07) is 11.9. The maximum Gasteiger partial charge on any atom is 0.257 e. The monoisotopic (exact) mass is 380 g/mol. The molecule has 1 fully saturated rings. The standard InChI is InChI=1S/C23H32N4O/c1-3-14-27(15-4-2)22-13-8-19(18-24-22)23(28)25-20-9-11-21(12-10-20)26-16-6-5-7-17-26/h8-13,18H,3-7,14-17H2,1-2H3,(H,25,28). The van der Waals surface area contributed by atoms with Crippen LogP contribution in [0.25, 0.3) is 0 Å². The van der Waals surface area contributed by atoms with Crippen LogP contribution in [0.3, 0.4) is 0 Å². The van der Waals surface area contributed by atoms with E-state index in [1.165, 1.54) is 24.9 Å². The molecule has 1 saturated heterocycles. The lowest BCUT2D eigenvalue weighted by Gasteiger charge is -2.28. The molecule has 3 rings (SSSR count). The number of carbonyl (C=O) groups is 1. The summed E-state index contributed by atoms with van der Waals surface area (Å²) in [5.41, 5.74) is 2.63. The first-order chi connectivity index (χ1) is 13.7. The fourth-order valence-electron chi connectivity index (χ4n) is 3.70. The zero-order valence-corrected chi connectivity index (χ0v) is 17.2. The maximum atomic E-state index is 12.6. The number of benzene rings is 1. The van der Waals surface area contributed by atoms with Gasteiger partial charge in [-0.1, -0.05) is 13.8 Å². The van der Waals surface area contributed by atoms with Gasteiger partial charge in [0.1, 0.15) is 5.82 Å². The third-order valence-electron chi connectivity index (χ3n) is 5.17. The first kappa shape index (κ1) is 20.2. The summed E-state index contributed by atoms with van der Waals surface area (Å²) in [5, 5.41) is 2.98. The van der Waals surface area contributed by atoms with Gasteiger partial charge in [-0.05, 0) is 68.5 Å². The molecule has 150 valence electrons. The number of carbonyl (C=O) groups excluding carboxylic acids is 1. The predicted octanol–water partition coefficient (Wildman–Crippen LogP) is 4.95. The van der Waals surface area contributed by atoms with Gasteiger partial charge in [-0.3, -0.25) is 4.79 Å². The zero-order valence-electron chi connectivity index (χ0n) is 17.2. The van der Waals surface area contributed by atoms with Crippen LogP contribution in [0, 0.1) is 0 Å². The summed E-state index contributed by atoms with van der Waals surface area (Å²) in [7, 11) is 0. The van der Waals surface area contributed by atoms with Crippen LogP contribution >= 0.6 is 0 Å². The molecule has 0 atom stereocenters. The van der Waals surface area contributed by atoms with Crippen LogP contribution in [0.2, 0.25) is 0 Å². The smallest absolute Gasteiger partial charge is 0.257 e. The minimum absolute atomic E-state index is 0.123. The van der Waals surface area contributed by atoms with Crippen molar-refractivity contribution in [3.8, 4) is 0 Å². The van der Waals surface area contributed by atoms with E-state index in [0.717, 1.165) is 50.5 Å². The molecule has 28 heavy (non-hydrogen) atoms. The molecule has 1 aromatic heterocycles. The lowest BCUT2D eigenvalue weighted by Crippen LogP contribution is -2.29. The molecule has 0 unspecified atom stereocenters. The Morgan fingerprint density at radius 3 is 2.25 bits per heavy atom. The summed E-state index contributed by atoms with van der Waals surface area (Å²) >= 11 is 0. The highest BCUT2D eigenvalue weighted by atomic mass is 16.1. The summed E-state index contributed by atoms with van der Waals surface area (Å²) in [6.45, 7) is 8.54. The van der Waals surface area contributed by atoms with Crippen molar-refractivity contribution in [2.75, 3.05) is 41.3 Å². The van der Waals surface area contributed by atoms with Crippen molar-refractivity contribution < 1.29 is 4.79 Å². The quantitative estimate of drug-likeness (QED) is 0.704. The third-order valence-corrected chi connectivity index (χ3v) is 5.17. The van der Waals surface area contributed by atoms with Gasteiger partial charge in [-0.15, -0.1) is 0 Å². The molecule has 0 spiro atoms. The van der Waals surface area contributed by atoms with E-state index < -0.39 is 0 Å². The van der Waals surface area contributed by atoms with Crippen molar-refractivity contribution in [1.82, 2.24) is 4.98 Å². The van der Waals surface area contributed by atoms with Crippen LogP contribution in [-0.2, 0) is 0 Å². The van der Waals surface area contributed by atoms with E-state index >= 15 is 0 Å². The fourth-order valence-corrected chi connectivity index (χ4v) is 3.70. The molecule has 1 amide bonds. The number of pyridine rings is 1. The van der Waals surface area contributed by atoms with Crippen LogP contribution in [-0.4, -0.2) is 37.1 Å². The van der Waals surface area contributed by atoms with Crippen LogP contribution in [0.5, 0.6) is 0 Å². The van der Waals surface area contributed by atoms with Gasteiger partial charge in [-0.25, -0.2) is 4.98 Å². The van der Waals surface area contributed by atoms with Crippen LogP contribution in [0.1, 0.15) is 56.3 Å². The van der Waals surface area contributed by atoms with Crippen molar-refractivity contribution in [1.29, 1.82) is 0 Å². The predicted molar refractivity (Wildman–Crippen MR) is 117 cm³/mol. The molecule has 0 saturated carbocycles. The highest BCUT2D eigenvalue weighted by Gasteiger charge is 2.12. The minimum Gasteiger partial charge on any atom is -0.372 e. The Morgan fingerprint density at radius 1 is 1.00 bits per heavy atom. The summed E-state index contributed by atoms with van der Waals surface area (Å²) in [4.78, 5) is 21.7. The Labute approximate surface area is 168 Å². The normalized spacial score (nSPS) is 14.0. The third kappa shape index (κ3) is 5.24. The van der Waals surface area contributed by atoms with E-state index in [2.05, 4.69) is 46.1 Å². The molecular weight excluding hydrogens is 348 g/mol. The molecule has 1 N–H and O–H groups in total. The number of nitrogens with zero attached hydrogens (tertiary/aromatic N) is 3. The Hall–Kier alpha value is -2.56. The Bertz CT molecular complexity index is 730. The molecule has 1 aliphatic heterocycles. The van der Waals surface area contributed by atoms with Crippen LogP contribution in [0.15, 0.2) is 42.6 Å². The van der Waals surface area contributed by atoms with E-state index in [0.29, 0.717) is 5.56 Å². The zero-order chi connectivity index (χ0) is 19.8. The first-order valence-electron chi connectivity index (χ1n) is 10.6. The van der Waals surface area contributed by atoms with E-state index in [4.69, 9.17) is 0 Å². The average molecular weight is 381 g/mol. The molecule has 0 aliphatic carbocycles. The van der Waals surface area contributed by atoms with Crippen LogP contribution in [0.4, 0.5) is 17.2 Å². The van der Waals surface area contributed by atoms with Crippen molar-refractivity contribution in [2.24, 2.45) is 0 Å². The number of piperidine rings is 1. The van der Waals surface area contributed by atoms with Crippen molar-refractivity contribution in [3.63, 3.8) is 0 Å². The van der Waals surface area contributed by atoms with E-state index in [1.807, 2.05) is 24.3 Å². The molecule has 5 nitrogen and oxygen atoms in total. The number of amides is 1. The summed E-state index contributed by atoms with van der Waals surface area (Å²) in [5.74, 6) is 0.813. The number of aromatic nitrogens is 1. The van der Waals surface area contributed by atoms with Gasteiger partial charge in [0.05, 0.1) is 5.56 Å². The van der Waals surface area contributed by atoms with Gasteiger partial charge < -0.3 is 15.1 Å². The molecule has 0 radical (unpaired) electrons. The second kappa shape index (κ2) is 10.1. The number of hydrogen-bond acceptors (Lipinski definition) is 4. The number of rotatable bonds is 8. The molecule has 0 bridgehead atoms. The van der Waals surface area contributed by atoms with Crippen molar-refractivity contribution in [2.45, 2.75) is 46.0 Å². The topological polar surface area (TPSA) is 48.5 Å². The average Bonchev–Trinajstić information content (AvgIpc) is 2.75. The van der Waals surface area contributed by atoms with Crippen molar-refractivity contribution >= 4 is 23.1 Å². The molecule has 5 heteroatoms. The lowest BCUT2D eigenvalue weighted by atomic mass is 10.1. The maximum absolute atomic E-state index is 12.6. The Balaban J connectivity index is 1.61. The highest BCUT2D eigenvalue weighted by molar-refractivity contribution is 6.04. The molecule has 2 heterocycles. The summed E-state index contributed by atoms with van der Waals surface area (Å²) in [6.07, 6.45) is 7.68. The minimum atomic E-state index is -0.123. The number of hydrogen-bond donors (Lipinski definition) is 1. The van der Waals surface area contributed by atoms with E-state index in [1.54, 1.807) is 6.20 Å². The second-order valence-corrected chi connectivity index (χ2v) is 7.44. The molecular formula is C23H32N4O. The Kier molecular flexibility index (Phi) is 7.29. The Morgan fingerprint density at radius 2 is 1.68 bits per heavy atom. The SMILES string of the molecule is CCCN(CCC)c1ccc(C(=O)Nc2ccc(N3CCCCC3)cc2)cn1. The number of anilines is 3. The number of nitrogens with one attached hydrogen (secondary N) is 1. The lowest BCUT2D eigenvalue weighted by molar-refractivity contribution is 0.102. The van der Waals surface area contributed by atoms with Gasteiger partial charge in [0.15, 0.2) is 0 Å². The second-order valence-electron chi connectivity index (χ2n) is 7.44. The largest absolute Gasteiger partial charge is 0.372 e. The highest BCUT2D eigenvalue weighted by Crippen LogP contribution is 2.22. The van der Waals surface area contributed by atoms with Gasteiger partial charge in [-0.2, -0.15) is 0 Å². The van der Waals surface area contributed by atoms with Gasteiger partial charge in [0.2, 0.25) is 0 Å². The molecule has 1 aliphatic rings. The van der Waals surface area contributed by atoms with Gasteiger partial charge >= 0.3 is 0 Å². The van der Waals surface area contributed by atoms with Gasteiger partial charge in [0, 0.05) is 43.8 Å². The molecule has 2 aromatic rings. The first-order valence-corrected chi connectivity index (χ1v) is 10.6. The van der Waals surface area contributed by atoms with Crippen molar-refractivity contribution in [3.05, 3.63) is 48.2 Å². The van der Waals surface area contributed by atoms with E-state index in [9.17, 15) is 4.79 Å². The summed E-state index contributed by atoms with van der Waals surface area (Å²) < 4.78 is 0. The van der Waals surface area contributed by atoms with E-state index in [-0.39, 0.29) is 5.91 Å².